The minimum atomic E-state index is -4.36. The number of aliphatic hydroxyl groups is 1. The maximum Gasteiger partial charge on any atom is 0.416 e. The molecule has 0 aliphatic heterocycles. The highest BCUT2D eigenvalue weighted by atomic mass is 19.4. The molecule has 24 heavy (non-hydrogen) atoms. The molecule has 0 bridgehead atoms. The molecule has 0 saturated heterocycles. The summed E-state index contributed by atoms with van der Waals surface area (Å²) < 4.78 is 42.9. The molecule has 0 aromatic heterocycles. The van der Waals surface area contributed by atoms with E-state index in [1.54, 1.807) is 20.8 Å². The summed E-state index contributed by atoms with van der Waals surface area (Å²) in [4.78, 5) is 13.6. The molecule has 0 spiro atoms. The van der Waals surface area contributed by atoms with E-state index in [-0.39, 0.29) is 6.61 Å². The Bertz CT molecular complexity index is 521. The molecule has 1 rings (SSSR count). The lowest BCUT2D eigenvalue weighted by Crippen LogP contribution is -2.38. The van der Waals surface area contributed by atoms with Gasteiger partial charge in [-0.05, 0) is 51.3 Å². The van der Waals surface area contributed by atoms with Crippen molar-refractivity contribution < 1.29 is 27.8 Å². The van der Waals surface area contributed by atoms with Crippen molar-refractivity contribution in [2.75, 3.05) is 19.7 Å². The summed E-state index contributed by atoms with van der Waals surface area (Å²) in [6.45, 7) is 5.84. The molecule has 0 heterocycles. The number of carbonyl (C=O) groups is 1. The highest BCUT2D eigenvalue weighted by Gasteiger charge is 2.30. The fourth-order valence-corrected chi connectivity index (χ4v) is 2.01. The van der Waals surface area contributed by atoms with Gasteiger partial charge in [0.2, 0.25) is 0 Å². The van der Waals surface area contributed by atoms with Crippen molar-refractivity contribution in [3.8, 4) is 0 Å². The first-order chi connectivity index (χ1) is 11.0. The Kier molecular flexibility index (Phi) is 7.08. The van der Waals surface area contributed by atoms with Gasteiger partial charge in [0.15, 0.2) is 0 Å². The van der Waals surface area contributed by atoms with Crippen molar-refractivity contribution in [2.45, 2.75) is 45.4 Å². The molecule has 1 N–H and O–H groups in total. The van der Waals surface area contributed by atoms with E-state index in [9.17, 15) is 18.0 Å². The van der Waals surface area contributed by atoms with E-state index in [1.807, 2.05) is 0 Å². The molecule has 0 saturated carbocycles. The van der Waals surface area contributed by atoms with Crippen LogP contribution in [0.5, 0.6) is 0 Å². The Morgan fingerprint density at radius 2 is 1.71 bits per heavy atom. The monoisotopic (exact) mass is 347 g/mol. The SMILES string of the molecule is CC(C)(C)OC(=O)N(CCCO)CCc1ccc(C(F)(F)F)cc1. The van der Waals surface area contributed by atoms with Gasteiger partial charge in [0, 0.05) is 19.7 Å². The summed E-state index contributed by atoms with van der Waals surface area (Å²) in [5.74, 6) is 0. The molecule has 0 atom stereocenters. The van der Waals surface area contributed by atoms with Crippen LogP contribution in [0.2, 0.25) is 0 Å². The fraction of sp³-hybridized carbons (Fsp3) is 0.588. The smallest absolute Gasteiger partial charge is 0.416 e. The van der Waals surface area contributed by atoms with Crippen LogP contribution in [0.4, 0.5) is 18.0 Å². The zero-order valence-corrected chi connectivity index (χ0v) is 14.2. The van der Waals surface area contributed by atoms with E-state index < -0.39 is 23.4 Å². The Labute approximate surface area is 140 Å². The van der Waals surface area contributed by atoms with E-state index in [0.29, 0.717) is 31.5 Å². The number of ether oxygens (including phenoxy) is 1. The lowest BCUT2D eigenvalue weighted by Gasteiger charge is -2.27. The second-order valence-electron chi connectivity index (χ2n) is 6.49. The van der Waals surface area contributed by atoms with Crippen LogP contribution in [0.15, 0.2) is 24.3 Å². The number of benzene rings is 1. The Balaban J connectivity index is 2.68. The molecule has 0 aliphatic rings. The third-order valence-corrected chi connectivity index (χ3v) is 3.19. The summed E-state index contributed by atoms with van der Waals surface area (Å²) in [5, 5.41) is 8.94. The maximum absolute atomic E-state index is 12.5. The Morgan fingerprint density at radius 1 is 1.12 bits per heavy atom. The van der Waals surface area contributed by atoms with Gasteiger partial charge in [-0.15, -0.1) is 0 Å². The number of rotatable bonds is 6. The van der Waals surface area contributed by atoms with Crippen LogP contribution in [0, 0.1) is 0 Å². The zero-order valence-electron chi connectivity index (χ0n) is 14.2. The molecule has 1 aromatic rings. The number of aliphatic hydroxyl groups excluding tert-OH is 1. The molecule has 0 fully saturated rings. The van der Waals surface area contributed by atoms with Gasteiger partial charge < -0.3 is 14.7 Å². The van der Waals surface area contributed by atoms with E-state index in [4.69, 9.17) is 9.84 Å². The second kappa shape index (κ2) is 8.37. The quantitative estimate of drug-likeness (QED) is 0.850. The van der Waals surface area contributed by atoms with E-state index in [1.165, 1.54) is 17.0 Å². The number of hydrogen-bond donors (Lipinski definition) is 1. The average Bonchev–Trinajstić information content (AvgIpc) is 2.45. The molecule has 1 amide bonds. The molecular formula is C17H24F3NO3. The van der Waals surface area contributed by atoms with Gasteiger partial charge in [0.25, 0.3) is 0 Å². The third-order valence-electron chi connectivity index (χ3n) is 3.19. The van der Waals surface area contributed by atoms with Gasteiger partial charge in [-0.25, -0.2) is 4.79 Å². The molecule has 1 aromatic carbocycles. The van der Waals surface area contributed by atoms with Crippen LogP contribution in [-0.2, 0) is 17.3 Å². The Hall–Kier alpha value is -1.76. The van der Waals surface area contributed by atoms with Crippen LogP contribution in [-0.4, -0.2) is 41.4 Å². The number of alkyl halides is 3. The number of nitrogens with zero attached hydrogens (tertiary/aromatic N) is 1. The van der Waals surface area contributed by atoms with Crippen LogP contribution in [0.3, 0.4) is 0 Å². The van der Waals surface area contributed by atoms with Crippen molar-refractivity contribution in [3.63, 3.8) is 0 Å². The molecule has 4 nitrogen and oxygen atoms in total. The van der Waals surface area contributed by atoms with E-state index in [2.05, 4.69) is 0 Å². The number of halogens is 3. The summed E-state index contributed by atoms with van der Waals surface area (Å²) in [7, 11) is 0. The highest BCUT2D eigenvalue weighted by molar-refractivity contribution is 5.68. The minimum Gasteiger partial charge on any atom is -0.444 e. The van der Waals surface area contributed by atoms with Crippen molar-refractivity contribution >= 4 is 6.09 Å². The first-order valence-corrected chi connectivity index (χ1v) is 7.78. The normalized spacial score (nSPS) is 12.1. The molecule has 136 valence electrons. The van der Waals surface area contributed by atoms with Gasteiger partial charge in [0.05, 0.1) is 5.56 Å². The molecule has 7 heteroatoms. The van der Waals surface area contributed by atoms with Gasteiger partial charge in [0.1, 0.15) is 5.60 Å². The van der Waals surface area contributed by atoms with Crippen LogP contribution < -0.4 is 0 Å². The fourth-order valence-electron chi connectivity index (χ4n) is 2.01. The van der Waals surface area contributed by atoms with Gasteiger partial charge in [-0.3, -0.25) is 0 Å². The second-order valence-corrected chi connectivity index (χ2v) is 6.49. The Morgan fingerprint density at radius 3 is 2.17 bits per heavy atom. The van der Waals surface area contributed by atoms with E-state index >= 15 is 0 Å². The first-order valence-electron chi connectivity index (χ1n) is 7.78. The molecule has 0 radical (unpaired) electrons. The molecular weight excluding hydrogens is 323 g/mol. The highest BCUT2D eigenvalue weighted by Crippen LogP contribution is 2.29. The zero-order chi connectivity index (χ0) is 18.4. The largest absolute Gasteiger partial charge is 0.444 e. The average molecular weight is 347 g/mol. The lowest BCUT2D eigenvalue weighted by atomic mass is 10.1. The summed E-state index contributed by atoms with van der Waals surface area (Å²) >= 11 is 0. The first kappa shape index (κ1) is 20.3. The molecule has 0 aliphatic carbocycles. The van der Waals surface area contributed by atoms with Crippen molar-refractivity contribution in [1.82, 2.24) is 4.90 Å². The topological polar surface area (TPSA) is 49.8 Å². The lowest BCUT2D eigenvalue weighted by molar-refractivity contribution is -0.137. The van der Waals surface area contributed by atoms with Crippen LogP contribution >= 0.6 is 0 Å². The van der Waals surface area contributed by atoms with Gasteiger partial charge in [-0.1, -0.05) is 12.1 Å². The third kappa shape index (κ3) is 7.21. The van der Waals surface area contributed by atoms with Gasteiger partial charge in [-0.2, -0.15) is 13.2 Å². The van der Waals surface area contributed by atoms with Crippen LogP contribution in [0.1, 0.15) is 38.3 Å². The molecule has 0 unspecified atom stereocenters. The van der Waals surface area contributed by atoms with Crippen molar-refractivity contribution in [3.05, 3.63) is 35.4 Å². The maximum atomic E-state index is 12.5. The van der Waals surface area contributed by atoms with Crippen molar-refractivity contribution in [2.24, 2.45) is 0 Å². The number of hydrogen-bond acceptors (Lipinski definition) is 3. The summed E-state index contributed by atoms with van der Waals surface area (Å²) in [5.41, 5.74) is -0.640. The predicted molar refractivity (Wildman–Crippen MR) is 84.7 cm³/mol. The van der Waals surface area contributed by atoms with E-state index in [0.717, 1.165) is 12.1 Å². The van der Waals surface area contributed by atoms with Gasteiger partial charge >= 0.3 is 12.3 Å². The van der Waals surface area contributed by atoms with Crippen LogP contribution in [0.25, 0.3) is 0 Å². The number of amides is 1. The summed E-state index contributed by atoms with van der Waals surface area (Å²) in [6, 6.07) is 4.87. The standard InChI is InChI=1S/C17H24F3NO3/c1-16(2,3)24-15(23)21(10-4-12-22)11-9-13-5-7-14(8-6-13)17(18,19)20/h5-8,22H,4,9-12H2,1-3H3. The van der Waals surface area contributed by atoms with Crippen molar-refractivity contribution in [1.29, 1.82) is 0 Å². The summed E-state index contributed by atoms with van der Waals surface area (Å²) in [6.07, 6.45) is -4.04. The minimum absolute atomic E-state index is 0.0560. The number of carbonyl (C=O) groups excluding carboxylic acids is 1. The predicted octanol–water partition coefficient (Wildman–Crippen LogP) is 3.87.